The van der Waals surface area contributed by atoms with E-state index in [2.05, 4.69) is 10.2 Å². The number of carboxylic acid groups (broad SMARTS) is 1. The van der Waals surface area contributed by atoms with Crippen LogP contribution < -0.4 is 4.90 Å². The van der Waals surface area contributed by atoms with E-state index in [0.29, 0.717) is 6.54 Å². The van der Waals surface area contributed by atoms with Crippen molar-refractivity contribution in [2.24, 2.45) is 0 Å². The molecule has 6 heteroatoms. The molecule has 0 saturated heterocycles. The number of hydrogen-bond acceptors (Lipinski definition) is 3. The lowest BCUT2D eigenvalue weighted by Crippen LogP contribution is -2.36. The zero-order valence-corrected chi connectivity index (χ0v) is 11.6. The number of rotatable bonds is 2. The van der Waals surface area contributed by atoms with Gasteiger partial charge in [0.15, 0.2) is 5.69 Å². The number of carboxylic acids is 1. The molecule has 108 valence electrons. The maximum absolute atomic E-state index is 12.6. The molecule has 1 amide bonds. The number of anilines is 1. The lowest BCUT2D eigenvalue weighted by molar-refractivity contribution is 0.0690. The average Bonchev–Trinajstić information content (AvgIpc) is 2.96. The van der Waals surface area contributed by atoms with Crippen LogP contribution in [0.25, 0.3) is 0 Å². The van der Waals surface area contributed by atoms with Crippen molar-refractivity contribution in [1.29, 1.82) is 0 Å². The Balaban J connectivity index is 1.96. The average molecular weight is 285 g/mol. The van der Waals surface area contributed by atoms with Gasteiger partial charge < -0.3 is 10.0 Å². The first-order valence-corrected chi connectivity index (χ1v) is 6.77. The number of amides is 1. The van der Waals surface area contributed by atoms with Gasteiger partial charge in [0.1, 0.15) is 5.69 Å². The maximum atomic E-state index is 12.6. The molecule has 3 rings (SSSR count). The number of nitrogens with zero attached hydrogens (tertiary/aromatic N) is 2. The van der Waals surface area contributed by atoms with Crippen LogP contribution in [0.3, 0.4) is 0 Å². The van der Waals surface area contributed by atoms with Crippen molar-refractivity contribution in [2.45, 2.75) is 19.8 Å². The first-order valence-electron chi connectivity index (χ1n) is 6.77. The fourth-order valence-electron chi connectivity index (χ4n) is 2.69. The highest BCUT2D eigenvalue weighted by Crippen LogP contribution is 2.30. The summed E-state index contributed by atoms with van der Waals surface area (Å²) < 4.78 is 0. The summed E-state index contributed by atoms with van der Waals surface area (Å²) in [5, 5.41) is 15.1. The molecule has 2 heterocycles. The molecule has 1 aliphatic rings. The molecule has 0 radical (unpaired) electrons. The third kappa shape index (κ3) is 2.29. The van der Waals surface area contributed by atoms with E-state index in [1.807, 2.05) is 25.1 Å². The van der Waals surface area contributed by atoms with E-state index in [-0.39, 0.29) is 17.3 Å². The molecular formula is C15H15N3O3. The first-order chi connectivity index (χ1) is 10.1. The zero-order chi connectivity index (χ0) is 15.0. The molecule has 1 aromatic carbocycles. The molecule has 6 nitrogen and oxygen atoms in total. The van der Waals surface area contributed by atoms with Crippen LogP contribution in [-0.4, -0.2) is 33.7 Å². The van der Waals surface area contributed by atoms with E-state index in [1.54, 1.807) is 4.90 Å². The molecule has 0 fully saturated rings. The monoisotopic (exact) mass is 285 g/mol. The van der Waals surface area contributed by atoms with Crippen LogP contribution in [0, 0.1) is 6.92 Å². The first kappa shape index (κ1) is 13.4. The molecule has 0 saturated carbocycles. The van der Waals surface area contributed by atoms with E-state index in [0.717, 1.165) is 18.5 Å². The van der Waals surface area contributed by atoms with Gasteiger partial charge in [0.2, 0.25) is 0 Å². The van der Waals surface area contributed by atoms with Crippen molar-refractivity contribution in [3.63, 3.8) is 0 Å². The smallest absolute Gasteiger partial charge is 0.353 e. The SMILES string of the molecule is Cc1cccc2c1CCCN2C(=O)c1cc(C(=O)O)[nH]n1. The molecular weight excluding hydrogens is 270 g/mol. The quantitative estimate of drug-likeness (QED) is 0.883. The van der Waals surface area contributed by atoms with Gasteiger partial charge in [0.05, 0.1) is 0 Å². The van der Waals surface area contributed by atoms with Crippen LogP contribution in [0.5, 0.6) is 0 Å². The van der Waals surface area contributed by atoms with Crippen LogP contribution in [0.4, 0.5) is 5.69 Å². The van der Waals surface area contributed by atoms with Crippen molar-refractivity contribution in [3.8, 4) is 0 Å². The minimum atomic E-state index is -1.13. The summed E-state index contributed by atoms with van der Waals surface area (Å²) in [5.41, 5.74) is 3.28. The molecule has 0 spiro atoms. The fraction of sp³-hybridized carbons (Fsp3) is 0.267. The zero-order valence-electron chi connectivity index (χ0n) is 11.6. The number of H-pyrrole nitrogens is 1. The lowest BCUT2D eigenvalue weighted by atomic mass is 9.97. The highest BCUT2D eigenvalue weighted by molar-refractivity contribution is 6.06. The van der Waals surface area contributed by atoms with Gasteiger partial charge in [-0.2, -0.15) is 5.10 Å². The standard InChI is InChI=1S/C15H15N3O3/c1-9-4-2-6-13-10(9)5-3-7-18(13)14(19)11-8-12(15(20)21)17-16-11/h2,4,6,8H,3,5,7H2,1H3,(H,16,17)(H,20,21). The molecule has 1 aliphatic heterocycles. The summed E-state index contributed by atoms with van der Waals surface area (Å²) >= 11 is 0. The second kappa shape index (κ2) is 5.05. The molecule has 2 N–H and O–H groups in total. The number of aryl methyl sites for hydroxylation is 1. The number of aromatic amines is 1. The Kier molecular flexibility index (Phi) is 3.21. The van der Waals surface area contributed by atoms with Crippen LogP contribution in [0.2, 0.25) is 0 Å². The minimum absolute atomic E-state index is 0.0835. The fourth-order valence-corrected chi connectivity index (χ4v) is 2.69. The highest BCUT2D eigenvalue weighted by atomic mass is 16.4. The van der Waals surface area contributed by atoms with Crippen molar-refractivity contribution in [3.05, 3.63) is 46.8 Å². The number of aromatic nitrogens is 2. The van der Waals surface area contributed by atoms with Gasteiger partial charge in [-0.3, -0.25) is 9.89 Å². The van der Waals surface area contributed by atoms with E-state index in [9.17, 15) is 9.59 Å². The van der Waals surface area contributed by atoms with Crippen molar-refractivity contribution >= 4 is 17.6 Å². The van der Waals surface area contributed by atoms with Gasteiger partial charge in [-0.05, 0) is 37.0 Å². The summed E-state index contributed by atoms with van der Waals surface area (Å²) in [4.78, 5) is 25.1. The lowest BCUT2D eigenvalue weighted by Gasteiger charge is -2.29. The number of benzene rings is 1. The Bertz CT molecular complexity index is 721. The van der Waals surface area contributed by atoms with Crippen molar-refractivity contribution in [1.82, 2.24) is 10.2 Å². The van der Waals surface area contributed by atoms with Crippen molar-refractivity contribution in [2.75, 3.05) is 11.4 Å². The van der Waals surface area contributed by atoms with Gasteiger partial charge in [-0.25, -0.2) is 4.79 Å². The number of fused-ring (bicyclic) bond motifs is 1. The van der Waals surface area contributed by atoms with Gasteiger partial charge in [0, 0.05) is 18.3 Å². The summed E-state index contributed by atoms with van der Waals surface area (Å²) in [6, 6.07) is 7.15. The third-order valence-corrected chi connectivity index (χ3v) is 3.76. The van der Waals surface area contributed by atoms with E-state index < -0.39 is 5.97 Å². The van der Waals surface area contributed by atoms with Crippen LogP contribution in [0.1, 0.15) is 38.5 Å². The number of carbonyl (C=O) groups excluding carboxylic acids is 1. The molecule has 0 atom stereocenters. The van der Waals surface area contributed by atoms with Crippen LogP contribution in [-0.2, 0) is 6.42 Å². The van der Waals surface area contributed by atoms with Gasteiger partial charge >= 0.3 is 5.97 Å². The van der Waals surface area contributed by atoms with Crippen LogP contribution in [0.15, 0.2) is 24.3 Å². The Morgan fingerprint density at radius 2 is 2.19 bits per heavy atom. The number of carbonyl (C=O) groups is 2. The number of hydrogen-bond donors (Lipinski definition) is 2. The molecule has 0 unspecified atom stereocenters. The second-order valence-electron chi connectivity index (χ2n) is 5.10. The van der Waals surface area contributed by atoms with Gasteiger partial charge in [-0.15, -0.1) is 0 Å². The predicted octanol–water partition coefficient (Wildman–Crippen LogP) is 2.01. The summed E-state index contributed by atoms with van der Waals surface area (Å²) in [6.45, 7) is 2.65. The topological polar surface area (TPSA) is 86.3 Å². The molecule has 2 aromatic rings. The highest BCUT2D eigenvalue weighted by Gasteiger charge is 2.26. The Morgan fingerprint density at radius 1 is 1.38 bits per heavy atom. The van der Waals surface area contributed by atoms with E-state index >= 15 is 0 Å². The normalized spacial score (nSPS) is 13.9. The molecule has 21 heavy (non-hydrogen) atoms. The van der Waals surface area contributed by atoms with Gasteiger partial charge in [0.25, 0.3) is 5.91 Å². The summed E-state index contributed by atoms with van der Waals surface area (Å²) in [7, 11) is 0. The van der Waals surface area contributed by atoms with Gasteiger partial charge in [-0.1, -0.05) is 12.1 Å². The molecule has 0 aliphatic carbocycles. The largest absolute Gasteiger partial charge is 0.477 e. The Hall–Kier alpha value is -2.63. The predicted molar refractivity (Wildman–Crippen MR) is 76.7 cm³/mol. The third-order valence-electron chi connectivity index (χ3n) is 3.76. The summed E-state index contributed by atoms with van der Waals surface area (Å²) in [6.07, 6.45) is 1.84. The van der Waals surface area contributed by atoms with Crippen LogP contribution >= 0.6 is 0 Å². The van der Waals surface area contributed by atoms with E-state index in [1.165, 1.54) is 17.2 Å². The van der Waals surface area contributed by atoms with Crippen molar-refractivity contribution < 1.29 is 14.7 Å². The number of nitrogens with one attached hydrogen (secondary N) is 1. The summed E-state index contributed by atoms with van der Waals surface area (Å²) in [5.74, 6) is -1.40. The Morgan fingerprint density at radius 3 is 2.90 bits per heavy atom. The second-order valence-corrected chi connectivity index (χ2v) is 5.10. The number of aromatic carboxylic acids is 1. The maximum Gasteiger partial charge on any atom is 0.353 e. The Labute approximate surface area is 121 Å². The molecule has 0 bridgehead atoms. The van der Waals surface area contributed by atoms with E-state index in [4.69, 9.17) is 5.11 Å². The minimum Gasteiger partial charge on any atom is -0.477 e. The molecule has 1 aromatic heterocycles.